The molecule has 1 aliphatic rings. The van der Waals surface area contributed by atoms with E-state index in [2.05, 4.69) is 12.2 Å². The summed E-state index contributed by atoms with van der Waals surface area (Å²) in [5, 5.41) is 12.5. The zero-order valence-electron chi connectivity index (χ0n) is 10.9. The number of benzene rings is 1. The monoisotopic (exact) mass is 247 g/mol. The maximum atomic E-state index is 10.9. The summed E-state index contributed by atoms with van der Waals surface area (Å²) in [6.45, 7) is 3.02. The van der Waals surface area contributed by atoms with Crippen LogP contribution in [0.3, 0.4) is 0 Å². The van der Waals surface area contributed by atoms with Crippen molar-refractivity contribution in [1.82, 2.24) is 5.32 Å². The quantitative estimate of drug-likeness (QED) is 0.859. The molecule has 1 fully saturated rings. The van der Waals surface area contributed by atoms with Crippen molar-refractivity contribution in [2.24, 2.45) is 0 Å². The van der Waals surface area contributed by atoms with E-state index in [1.54, 1.807) is 12.1 Å². The van der Waals surface area contributed by atoms with Gasteiger partial charge in [0, 0.05) is 12.1 Å². The molecule has 1 aromatic carbocycles. The van der Waals surface area contributed by atoms with Crippen molar-refractivity contribution in [3.63, 3.8) is 0 Å². The van der Waals surface area contributed by atoms with Gasteiger partial charge in [-0.1, -0.05) is 31.4 Å². The average Bonchev–Trinajstić information content (AvgIpc) is 2.38. The molecule has 0 unspecified atom stereocenters. The van der Waals surface area contributed by atoms with Gasteiger partial charge in [-0.25, -0.2) is 4.79 Å². The number of nitrogens with one attached hydrogen (secondary N) is 1. The van der Waals surface area contributed by atoms with Gasteiger partial charge < -0.3 is 10.4 Å². The van der Waals surface area contributed by atoms with Crippen molar-refractivity contribution in [3.05, 3.63) is 35.4 Å². The zero-order chi connectivity index (χ0) is 13.0. The summed E-state index contributed by atoms with van der Waals surface area (Å²) < 4.78 is 0. The molecule has 1 saturated carbocycles. The Bertz CT molecular complexity index is 422. The Kier molecular flexibility index (Phi) is 4.02. The van der Waals surface area contributed by atoms with Crippen molar-refractivity contribution >= 4 is 5.97 Å². The Hall–Kier alpha value is -1.35. The van der Waals surface area contributed by atoms with Crippen LogP contribution in [0.2, 0.25) is 0 Å². The summed E-state index contributed by atoms with van der Waals surface area (Å²) in [7, 11) is 0. The molecule has 1 aromatic rings. The van der Waals surface area contributed by atoms with E-state index in [0.717, 1.165) is 12.1 Å². The van der Waals surface area contributed by atoms with Gasteiger partial charge in [-0.15, -0.1) is 0 Å². The van der Waals surface area contributed by atoms with Gasteiger partial charge in [0.2, 0.25) is 0 Å². The van der Waals surface area contributed by atoms with Gasteiger partial charge in [-0.05, 0) is 37.5 Å². The van der Waals surface area contributed by atoms with Crippen molar-refractivity contribution in [1.29, 1.82) is 0 Å². The molecule has 0 aromatic heterocycles. The summed E-state index contributed by atoms with van der Waals surface area (Å²) in [4.78, 5) is 10.9. The van der Waals surface area contributed by atoms with Gasteiger partial charge in [-0.2, -0.15) is 0 Å². The molecule has 0 bridgehead atoms. The molecule has 98 valence electrons. The van der Waals surface area contributed by atoms with Gasteiger partial charge in [0.15, 0.2) is 0 Å². The van der Waals surface area contributed by atoms with E-state index < -0.39 is 5.97 Å². The standard InChI is InChI=1S/C15H21NO2/c1-15(8-3-2-4-9-15)16-11-12-6-5-7-13(10-12)14(17)18/h5-7,10,16H,2-4,8-9,11H2,1H3,(H,17,18). The Labute approximate surface area is 108 Å². The molecule has 1 aliphatic carbocycles. The fourth-order valence-electron chi connectivity index (χ4n) is 2.64. The summed E-state index contributed by atoms with van der Waals surface area (Å²) in [5.74, 6) is -0.860. The van der Waals surface area contributed by atoms with Crippen LogP contribution in [0.15, 0.2) is 24.3 Å². The third kappa shape index (κ3) is 3.33. The Morgan fingerprint density at radius 1 is 1.33 bits per heavy atom. The number of hydrogen-bond acceptors (Lipinski definition) is 2. The summed E-state index contributed by atoms with van der Waals surface area (Å²) in [6, 6.07) is 7.17. The number of rotatable bonds is 4. The number of hydrogen-bond donors (Lipinski definition) is 2. The van der Waals surface area contributed by atoms with E-state index in [-0.39, 0.29) is 5.54 Å². The fraction of sp³-hybridized carbons (Fsp3) is 0.533. The molecule has 2 rings (SSSR count). The lowest BCUT2D eigenvalue weighted by atomic mass is 9.83. The van der Waals surface area contributed by atoms with Crippen LogP contribution in [-0.4, -0.2) is 16.6 Å². The third-order valence-corrected chi connectivity index (χ3v) is 3.85. The first-order chi connectivity index (χ1) is 8.59. The van der Waals surface area contributed by atoms with E-state index in [0.29, 0.717) is 5.56 Å². The largest absolute Gasteiger partial charge is 0.478 e. The maximum Gasteiger partial charge on any atom is 0.335 e. The minimum absolute atomic E-state index is 0.220. The predicted octanol–water partition coefficient (Wildman–Crippen LogP) is 3.20. The first kappa shape index (κ1) is 13.1. The lowest BCUT2D eigenvalue weighted by Crippen LogP contribution is -2.43. The smallest absolute Gasteiger partial charge is 0.335 e. The van der Waals surface area contributed by atoms with Crippen LogP contribution in [-0.2, 0) is 6.54 Å². The van der Waals surface area contributed by atoms with Crippen LogP contribution in [0, 0.1) is 0 Å². The van der Waals surface area contributed by atoms with E-state index in [1.807, 2.05) is 12.1 Å². The molecule has 0 amide bonds. The first-order valence-corrected chi connectivity index (χ1v) is 6.66. The molecule has 18 heavy (non-hydrogen) atoms. The topological polar surface area (TPSA) is 49.3 Å². The molecule has 2 N–H and O–H groups in total. The van der Waals surface area contributed by atoms with E-state index >= 15 is 0 Å². The number of carboxylic acid groups (broad SMARTS) is 1. The number of carboxylic acids is 1. The minimum atomic E-state index is -0.860. The second-order valence-electron chi connectivity index (χ2n) is 5.48. The molecule has 0 saturated heterocycles. The number of aromatic carboxylic acids is 1. The average molecular weight is 247 g/mol. The molecule has 0 aliphatic heterocycles. The molecule has 3 nitrogen and oxygen atoms in total. The van der Waals surface area contributed by atoms with Crippen LogP contribution < -0.4 is 5.32 Å². The Balaban J connectivity index is 1.97. The van der Waals surface area contributed by atoms with Gasteiger partial charge in [0.05, 0.1) is 5.56 Å². The zero-order valence-corrected chi connectivity index (χ0v) is 10.9. The highest BCUT2D eigenvalue weighted by Crippen LogP contribution is 2.27. The SMILES string of the molecule is CC1(NCc2cccc(C(=O)O)c2)CCCCC1. The summed E-state index contributed by atoms with van der Waals surface area (Å²) >= 11 is 0. The van der Waals surface area contributed by atoms with Crippen LogP contribution in [0.5, 0.6) is 0 Å². The fourth-order valence-corrected chi connectivity index (χ4v) is 2.64. The van der Waals surface area contributed by atoms with Crippen molar-refractivity contribution in [3.8, 4) is 0 Å². The highest BCUT2D eigenvalue weighted by Gasteiger charge is 2.25. The molecule has 3 heteroatoms. The van der Waals surface area contributed by atoms with Crippen molar-refractivity contribution < 1.29 is 9.90 Å². The second kappa shape index (κ2) is 5.53. The van der Waals surface area contributed by atoms with Crippen LogP contribution >= 0.6 is 0 Å². The lowest BCUT2D eigenvalue weighted by Gasteiger charge is -2.34. The summed E-state index contributed by atoms with van der Waals surface area (Å²) in [5.41, 5.74) is 1.63. The minimum Gasteiger partial charge on any atom is -0.478 e. The van der Waals surface area contributed by atoms with E-state index in [1.165, 1.54) is 32.1 Å². The molecule has 0 heterocycles. The van der Waals surface area contributed by atoms with Crippen molar-refractivity contribution in [2.45, 2.75) is 51.1 Å². The highest BCUT2D eigenvalue weighted by molar-refractivity contribution is 5.87. The second-order valence-corrected chi connectivity index (χ2v) is 5.48. The number of carbonyl (C=O) groups is 1. The van der Waals surface area contributed by atoms with Crippen molar-refractivity contribution in [2.75, 3.05) is 0 Å². The van der Waals surface area contributed by atoms with Crippen LogP contribution in [0.1, 0.15) is 54.9 Å². The summed E-state index contributed by atoms with van der Waals surface area (Å²) in [6.07, 6.45) is 6.35. The van der Waals surface area contributed by atoms with Gasteiger partial charge in [-0.3, -0.25) is 0 Å². The van der Waals surface area contributed by atoms with Gasteiger partial charge >= 0.3 is 5.97 Å². The molecule has 0 atom stereocenters. The van der Waals surface area contributed by atoms with Crippen LogP contribution in [0.4, 0.5) is 0 Å². The van der Waals surface area contributed by atoms with Gasteiger partial charge in [0.25, 0.3) is 0 Å². The van der Waals surface area contributed by atoms with Gasteiger partial charge in [0.1, 0.15) is 0 Å². The molecular formula is C15H21NO2. The molecular weight excluding hydrogens is 226 g/mol. The predicted molar refractivity (Wildman–Crippen MR) is 71.7 cm³/mol. The van der Waals surface area contributed by atoms with E-state index in [9.17, 15) is 4.79 Å². The molecule has 0 spiro atoms. The molecule has 0 radical (unpaired) electrons. The van der Waals surface area contributed by atoms with Crippen LogP contribution in [0.25, 0.3) is 0 Å². The lowest BCUT2D eigenvalue weighted by molar-refractivity contribution is 0.0696. The van der Waals surface area contributed by atoms with E-state index in [4.69, 9.17) is 5.11 Å². The highest BCUT2D eigenvalue weighted by atomic mass is 16.4. The maximum absolute atomic E-state index is 10.9. The normalized spacial score (nSPS) is 18.5. The third-order valence-electron chi connectivity index (χ3n) is 3.85. The Morgan fingerprint density at radius 3 is 2.72 bits per heavy atom. The first-order valence-electron chi connectivity index (χ1n) is 6.66. The Morgan fingerprint density at radius 2 is 2.06 bits per heavy atom.